The lowest BCUT2D eigenvalue weighted by Gasteiger charge is -2.12. The highest BCUT2D eigenvalue weighted by atomic mass is 16.1. The van der Waals surface area contributed by atoms with Crippen LogP contribution in [-0.4, -0.2) is 18.4 Å². The van der Waals surface area contributed by atoms with E-state index < -0.39 is 0 Å². The fourth-order valence-corrected chi connectivity index (χ4v) is 2.52. The van der Waals surface area contributed by atoms with Gasteiger partial charge in [-0.15, -0.1) is 0 Å². The Bertz CT molecular complexity index is 405. The van der Waals surface area contributed by atoms with Crippen molar-refractivity contribution in [2.75, 3.05) is 6.54 Å². The predicted molar refractivity (Wildman–Crippen MR) is 70.5 cm³/mol. The van der Waals surface area contributed by atoms with Gasteiger partial charge >= 0.3 is 0 Å². The van der Waals surface area contributed by atoms with Crippen molar-refractivity contribution in [3.05, 3.63) is 34.9 Å². The minimum absolute atomic E-state index is 0.220. The minimum Gasteiger partial charge on any atom is -0.307 e. The third-order valence-electron chi connectivity index (χ3n) is 3.81. The van der Waals surface area contributed by atoms with Gasteiger partial charge < -0.3 is 5.32 Å². The smallest absolute Gasteiger partial charge is 0.176 e. The lowest BCUT2D eigenvalue weighted by molar-refractivity contribution is 0.0986. The zero-order valence-electron chi connectivity index (χ0n) is 10.8. The Balaban J connectivity index is 1.97. The van der Waals surface area contributed by atoms with Crippen LogP contribution in [0.15, 0.2) is 18.2 Å². The Kier molecular flexibility index (Phi) is 3.95. The summed E-state index contributed by atoms with van der Waals surface area (Å²) in [6.45, 7) is 4.56. The number of hydrogen-bond acceptors (Lipinski definition) is 2. The molecule has 0 amide bonds. The number of hydrogen-bond donors (Lipinski definition) is 1. The molecule has 0 radical (unpaired) electrons. The van der Waals surface area contributed by atoms with Crippen molar-refractivity contribution >= 4 is 5.78 Å². The Morgan fingerprint density at radius 3 is 2.71 bits per heavy atom. The van der Waals surface area contributed by atoms with Gasteiger partial charge in [-0.25, -0.2) is 0 Å². The Morgan fingerprint density at radius 2 is 2.00 bits per heavy atom. The standard InChI is InChI=1S/C15H21NO/c1-11-6-5-9-14(12(11)2)15(17)10-16-13-7-3-4-8-13/h5-6,9,13,16H,3-4,7-8,10H2,1-2H3. The molecule has 0 spiro atoms. The van der Waals surface area contributed by atoms with E-state index in [1.807, 2.05) is 19.1 Å². The molecule has 0 heterocycles. The van der Waals surface area contributed by atoms with E-state index in [0.717, 1.165) is 11.1 Å². The van der Waals surface area contributed by atoms with E-state index in [0.29, 0.717) is 12.6 Å². The van der Waals surface area contributed by atoms with Crippen LogP contribution in [0.5, 0.6) is 0 Å². The van der Waals surface area contributed by atoms with Crippen LogP contribution in [0.3, 0.4) is 0 Å². The van der Waals surface area contributed by atoms with Gasteiger partial charge in [-0.05, 0) is 37.8 Å². The first-order valence-electron chi connectivity index (χ1n) is 6.51. The molecule has 1 aromatic carbocycles. The molecule has 1 fully saturated rings. The lowest BCUT2D eigenvalue weighted by Crippen LogP contribution is -2.31. The number of aryl methyl sites for hydroxylation is 1. The van der Waals surface area contributed by atoms with Crippen molar-refractivity contribution in [3.63, 3.8) is 0 Å². The average molecular weight is 231 g/mol. The molecule has 0 bridgehead atoms. The quantitative estimate of drug-likeness (QED) is 0.807. The van der Waals surface area contributed by atoms with Crippen molar-refractivity contribution in [1.82, 2.24) is 5.32 Å². The van der Waals surface area contributed by atoms with Gasteiger partial charge in [0.1, 0.15) is 0 Å². The second kappa shape index (κ2) is 5.46. The summed E-state index contributed by atoms with van der Waals surface area (Å²) in [6.07, 6.45) is 5.05. The number of ketones is 1. The molecule has 1 saturated carbocycles. The normalized spacial score (nSPS) is 16.4. The van der Waals surface area contributed by atoms with Crippen LogP contribution < -0.4 is 5.32 Å². The zero-order chi connectivity index (χ0) is 12.3. The summed E-state index contributed by atoms with van der Waals surface area (Å²) in [5.74, 6) is 0.220. The first-order valence-corrected chi connectivity index (χ1v) is 6.51. The van der Waals surface area contributed by atoms with Gasteiger partial charge in [0.05, 0.1) is 6.54 Å². The highest BCUT2D eigenvalue weighted by Crippen LogP contribution is 2.18. The molecule has 2 nitrogen and oxygen atoms in total. The van der Waals surface area contributed by atoms with Gasteiger partial charge in [0.25, 0.3) is 0 Å². The number of benzene rings is 1. The topological polar surface area (TPSA) is 29.1 Å². The fraction of sp³-hybridized carbons (Fsp3) is 0.533. The SMILES string of the molecule is Cc1cccc(C(=O)CNC2CCCC2)c1C. The van der Waals surface area contributed by atoms with Gasteiger partial charge in [-0.2, -0.15) is 0 Å². The van der Waals surface area contributed by atoms with Crippen LogP contribution in [0.1, 0.15) is 47.2 Å². The van der Waals surface area contributed by atoms with Crippen LogP contribution in [0.2, 0.25) is 0 Å². The summed E-state index contributed by atoms with van der Waals surface area (Å²) < 4.78 is 0. The summed E-state index contributed by atoms with van der Waals surface area (Å²) in [6, 6.07) is 6.51. The maximum atomic E-state index is 12.1. The molecule has 0 aromatic heterocycles. The zero-order valence-corrected chi connectivity index (χ0v) is 10.8. The van der Waals surface area contributed by atoms with Crippen LogP contribution in [-0.2, 0) is 0 Å². The molecule has 0 atom stereocenters. The summed E-state index contributed by atoms with van der Waals surface area (Å²) in [5, 5.41) is 3.38. The number of Topliss-reactive ketones (excluding diaryl/α,β-unsaturated/α-hetero) is 1. The summed E-state index contributed by atoms with van der Waals surface area (Å²) in [4.78, 5) is 12.1. The second-order valence-corrected chi connectivity index (χ2v) is 5.03. The highest BCUT2D eigenvalue weighted by Gasteiger charge is 2.16. The van der Waals surface area contributed by atoms with Crippen molar-refractivity contribution in [2.45, 2.75) is 45.6 Å². The van der Waals surface area contributed by atoms with E-state index >= 15 is 0 Å². The van der Waals surface area contributed by atoms with Crippen LogP contribution in [0.25, 0.3) is 0 Å². The van der Waals surface area contributed by atoms with E-state index in [1.165, 1.54) is 31.2 Å². The average Bonchev–Trinajstić information content (AvgIpc) is 2.82. The predicted octanol–water partition coefficient (Wildman–Crippen LogP) is 3.02. The number of carbonyl (C=O) groups is 1. The van der Waals surface area contributed by atoms with Gasteiger partial charge in [0.15, 0.2) is 5.78 Å². The summed E-state index contributed by atoms with van der Waals surface area (Å²) in [7, 11) is 0. The monoisotopic (exact) mass is 231 g/mol. The highest BCUT2D eigenvalue weighted by molar-refractivity contribution is 5.99. The first kappa shape index (κ1) is 12.3. The van der Waals surface area contributed by atoms with E-state index in [9.17, 15) is 4.79 Å². The van der Waals surface area contributed by atoms with Gasteiger partial charge in [-0.3, -0.25) is 4.79 Å². The molecule has 0 aliphatic heterocycles. The fourth-order valence-electron chi connectivity index (χ4n) is 2.52. The minimum atomic E-state index is 0.220. The van der Waals surface area contributed by atoms with Crippen molar-refractivity contribution in [2.24, 2.45) is 0 Å². The van der Waals surface area contributed by atoms with E-state index in [2.05, 4.69) is 18.3 Å². The molecule has 1 aromatic rings. The van der Waals surface area contributed by atoms with Crippen molar-refractivity contribution < 1.29 is 4.79 Å². The molecule has 1 N–H and O–H groups in total. The lowest BCUT2D eigenvalue weighted by atomic mass is 10.00. The molecule has 92 valence electrons. The molecule has 0 unspecified atom stereocenters. The Morgan fingerprint density at radius 1 is 1.29 bits per heavy atom. The molecule has 1 aliphatic rings. The number of nitrogens with one attached hydrogen (secondary N) is 1. The van der Waals surface area contributed by atoms with E-state index in [4.69, 9.17) is 0 Å². The Hall–Kier alpha value is -1.15. The Labute approximate surface area is 103 Å². The summed E-state index contributed by atoms with van der Waals surface area (Å²) >= 11 is 0. The third kappa shape index (κ3) is 2.95. The van der Waals surface area contributed by atoms with Gasteiger partial charge in [-0.1, -0.05) is 31.0 Å². The molecule has 17 heavy (non-hydrogen) atoms. The molecule has 2 rings (SSSR count). The number of carbonyl (C=O) groups excluding carboxylic acids is 1. The maximum absolute atomic E-state index is 12.1. The van der Waals surface area contributed by atoms with Crippen LogP contribution in [0.4, 0.5) is 0 Å². The van der Waals surface area contributed by atoms with E-state index in [-0.39, 0.29) is 5.78 Å². The first-order chi connectivity index (χ1) is 8.18. The molecule has 0 saturated heterocycles. The largest absolute Gasteiger partial charge is 0.307 e. The molecule has 2 heteroatoms. The van der Waals surface area contributed by atoms with Crippen LogP contribution in [0, 0.1) is 13.8 Å². The molecular weight excluding hydrogens is 210 g/mol. The summed E-state index contributed by atoms with van der Waals surface area (Å²) in [5.41, 5.74) is 3.18. The second-order valence-electron chi connectivity index (χ2n) is 5.03. The molecular formula is C15H21NO. The van der Waals surface area contributed by atoms with Gasteiger partial charge in [0, 0.05) is 11.6 Å². The van der Waals surface area contributed by atoms with Gasteiger partial charge in [0.2, 0.25) is 0 Å². The van der Waals surface area contributed by atoms with E-state index in [1.54, 1.807) is 0 Å². The van der Waals surface area contributed by atoms with Crippen molar-refractivity contribution in [3.8, 4) is 0 Å². The van der Waals surface area contributed by atoms with Crippen molar-refractivity contribution in [1.29, 1.82) is 0 Å². The third-order valence-corrected chi connectivity index (χ3v) is 3.81. The number of rotatable bonds is 4. The van der Waals surface area contributed by atoms with Crippen LogP contribution >= 0.6 is 0 Å². The molecule has 1 aliphatic carbocycles. The maximum Gasteiger partial charge on any atom is 0.176 e.